The van der Waals surface area contributed by atoms with Crippen molar-refractivity contribution in [2.45, 2.75) is 31.7 Å². The van der Waals surface area contributed by atoms with Gasteiger partial charge in [-0.3, -0.25) is 14.5 Å². The molecule has 1 fully saturated rings. The van der Waals surface area contributed by atoms with Crippen LogP contribution in [0.15, 0.2) is 42.7 Å². The van der Waals surface area contributed by atoms with Crippen molar-refractivity contribution >= 4 is 11.9 Å². The summed E-state index contributed by atoms with van der Waals surface area (Å²) in [6.07, 6.45) is 6.88. The maximum atomic E-state index is 12.1. The van der Waals surface area contributed by atoms with Crippen LogP contribution in [0.2, 0.25) is 0 Å². The average molecular weight is 356 g/mol. The van der Waals surface area contributed by atoms with E-state index in [2.05, 4.69) is 10.4 Å². The van der Waals surface area contributed by atoms with Gasteiger partial charge in [-0.15, -0.1) is 0 Å². The van der Waals surface area contributed by atoms with Crippen LogP contribution >= 0.6 is 0 Å². The number of piperidine rings is 1. The molecule has 7 heteroatoms. The first-order valence-electron chi connectivity index (χ1n) is 8.96. The molecule has 1 aromatic heterocycles. The molecule has 1 amide bonds. The van der Waals surface area contributed by atoms with Gasteiger partial charge < -0.3 is 10.4 Å². The Bertz CT molecular complexity index is 744. The number of para-hydroxylation sites is 1. The lowest BCUT2D eigenvalue weighted by atomic mass is 10.0. The summed E-state index contributed by atoms with van der Waals surface area (Å²) in [5, 5.41) is 16.5. The highest BCUT2D eigenvalue weighted by molar-refractivity contribution is 5.80. The van der Waals surface area contributed by atoms with E-state index in [1.54, 1.807) is 11.1 Å². The van der Waals surface area contributed by atoms with Crippen LogP contribution in [-0.4, -0.2) is 57.3 Å². The molecule has 2 aromatic rings. The number of carboxylic acids is 1. The summed E-state index contributed by atoms with van der Waals surface area (Å²) in [7, 11) is 0. The highest BCUT2D eigenvalue weighted by atomic mass is 16.4. The predicted octanol–water partition coefficient (Wildman–Crippen LogP) is 1.47. The number of amides is 1. The Morgan fingerprint density at radius 2 is 2.04 bits per heavy atom. The number of hydrogen-bond acceptors (Lipinski definition) is 4. The maximum absolute atomic E-state index is 12.1. The van der Waals surface area contributed by atoms with Gasteiger partial charge in [0.05, 0.1) is 18.4 Å². The van der Waals surface area contributed by atoms with Crippen LogP contribution in [0.1, 0.15) is 24.8 Å². The first kappa shape index (κ1) is 18.1. The Morgan fingerprint density at radius 3 is 2.81 bits per heavy atom. The van der Waals surface area contributed by atoms with E-state index in [1.165, 1.54) is 0 Å². The summed E-state index contributed by atoms with van der Waals surface area (Å²) in [5.74, 6) is -0.973. The molecule has 1 aromatic carbocycles. The minimum Gasteiger partial charge on any atom is -0.480 e. The van der Waals surface area contributed by atoms with Crippen molar-refractivity contribution in [2.24, 2.45) is 0 Å². The summed E-state index contributed by atoms with van der Waals surface area (Å²) in [5.41, 5.74) is 2.03. The molecule has 1 aliphatic heterocycles. The topological polar surface area (TPSA) is 87.5 Å². The number of carbonyl (C=O) groups excluding carboxylic acids is 1. The van der Waals surface area contributed by atoms with Crippen LogP contribution < -0.4 is 5.32 Å². The molecule has 2 heterocycles. The Balaban J connectivity index is 1.45. The van der Waals surface area contributed by atoms with E-state index < -0.39 is 12.0 Å². The normalized spacial score (nSPS) is 17.8. The van der Waals surface area contributed by atoms with Gasteiger partial charge in [0, 0.05) is 12.7 Å². The largest absolute Gasteiger partial charge is 0.480 e. The molecule has 138 valence electrons. The number of benzene rings is 1. The van der Waals surface area contributed by atoms with Gasteiger partial charge in [-0.2, -0.15) is 5.10 Å². The van der Waals surface area contributed by atoms with Crippen LogP contribution in [0.5, 0.6) is 0 Å². The highest BCUT2D eigenvalue weighted by Crippen LogP contribution is 2.16. The van der Waals surface area contributed by atoms with Gasteiger partial charge in [0.2, 0.25) is 5.91 Å². The fraction of sp³-hybridized carbons (Fsp3) is 0.421. The zero-order valence-electron chi connectivity index (χ0n) is 14.7. The van der Waals surface area contributed by atoms with Gasteiger partial charge in [0.15, 0.2) is 0 Å². The Hall–Kier alpha value is -2.67. The molecule has 3 rings (SSSR count). The minimum absolute atomic E-state index is 0.131. The number of hydrogen-bond donors (Lipinski definition) is 2. The van der Waals surface area contributed by atoms with Crippen LogP contribution in [-0.2, 0) is 16.0 Å². The summed E-state index contributed by atoms with van der Waals surface area (Å²) in [4.78, 5) is 25.2. The molecule has 0 spiro atoms. The fourth-order valence-electron chi connectivity index (χ4n) is 3.26. The van der Waals surface area contributed by atoms with E-state index in [4.69, 9.17) is 0 Å². The molecule has 0 radical (unpaired) electrons. The van der Waals surface area contributed by atoms with Crippen molar-refractivity contribution < 1.29 is 14.7 Å². The quantitative estimate of drug-likeness (QED) is 0.784. The smallest absolute Gasteiger partial charge is 0.320 e. The van der Waals surface area contributed by atoms with Crippen LogP contribution in [0.3, 0.4) is 0 Å². The third-order valence-electron chi connectivity index (χ3n) is 4.64. The van der Waals surface area contributed by atoms with Crippen molar-refractivity contribution in [2.75, 3.05) is 19.6 Å². The molecule has 0 aliphatic carbocycles. The van der Waals surface area contributed by atoms with Gasteiger partial charge in [-0.25, -0.2) is 4.68 Å². The summed E-state index contributed by atoms with van der Waals surface area (Å²) in [6.45, 7) is 1.30. The minimum atomic E-state index is -0.842. The molecule has 1 atom stereocenters. The van der Waals surface area contributed by atoms with Gasteiger partial charge in [0.1, 0.15) is 6.04 Å². The van der Waals surface area contributed by atoms with E-state index in [0.717, 1.165) is 24.1 Å². The molecular weight excluding hydrogens is 332 g/mol. The Labute approximate surface area is 152 Å². The maximum Gasteiger partial charge on any atom is 0.320 e. The van der Waals surface area contributed by atoms with Gasteiger partial charge in [-0.1, -0.05) is 24.6 Å². The summed E-state index contributed by atoms with van der Waals surface area (Å²) >= 11 is 0. The number of rotatable bonds is 7. The van der Waals surface area contributed by atoms with Crippen LogP contribution in [0, 0.1) is 0 Å². The number of aromatic nitrogens is 2. The van der Waals surface area contributed by atoms with E-state index in [1.807, 2.05) is 41.2 Å². The molecule has 2 N–H and O–H groups in total. The van der Waals surface area contributed by atoms with Crippen LogP contribution in [0.25, 0.3) is 5.69 Å². The lowest BCUT2D eigenvalue weighted by Crippen LogP contribution is -2.49. The lowest BCUT2D eigenvalue weighted by molar-refractivity contribution is -0.145. The second kappa shape index (κ2) is 8.62. The molecular formula is C19H24N4O3. The molecule has 0 saturated carbocycles. The standard InChI is InChI=1S/C19H24N4O3/c24-18(14-22-11-5-4-8-17(22)19(25)26)20-10-9-15-12-21-23(13-15)16-6-2-1-3-7-16/h1-3,6-7,12-13,17H,4-5,8-11,14H2,(H,20,24)(H,25,26). The summed E-state index contributed by atoms with van der Waals surface area (Å²) in [6, 6.07) is 9.30. The van der Waals surface area contributed by atoms with Crippen molar-refractivity contribution in [3.8, 4) is 5.69 Å². The SMILES string of the molecule is O=C(CN1CCCCC1C(=O)O)NCCc1cnn(-c2ccccc2)c1. The second-order valence-electron chi connectivity index (χ2n) is 6.55. The third-order valence-corrected chi connectivity index (χ3v) is 4.64. The van der Waals surface area contributed by atoms with Crippen molar-refractivity contribution in [1.29, 1.82) is 0 Å². The van der Waals surface area contributed by atoms with Crippen molar-refractivity contribution in [3.63, 3.8) is 0 Å². The third kappa shape index (κ3) is 4.70. The molecule has 1 unspecified atom stereocenters. The Kier molecular flexibility index (Phi) is 6.01. The second-order valence-corrected chi connectivity index (χ2v) is 6.55. The molecule has 0 bridgehead atoms. The first-order valence-corrected chi connectivity index (χ1v) is 8.96. The monoisotopic (exact) mass is 356 g/mol. The molecule has 1 saturated heterocycles. The van der Waals surface area contributed by atoms with E-state index in [9.17, 15) is 14.7 Å². The van der Waals surface area contributed by atoms with E-state index in [0.29, 0.717) is 25.9 Å². The molecule has 26 heavy (non-hydrogen) atoms. The zero-order valence-corrected chi connectivity index (χ0v) is 14.7. The highest BCUT2D eigenvalue weighted by Gasteiger charge is 2.29. The number of nitrogens with one attached hydrogen (secondary N) is 1. The number of aliphatic carboxylic acids is 1. The van der Waals surface area contributed by atoms with Crippen molar-refractivity contribution in [1.82, 2.24) is 20.0 Å². The number of carboxylic acid groups (broad SMARTS) is 1. The zero-order chi connectivity index (χ0) is 18.4. The molecule has 1 aliphatic rings. The van der Waals surface area contributed by atoms with Gasteiger partial charge in [0.25, 0.3) is 0 Å². The fourth-order valence-corrected chi connectivity index (χ4v) is 3.26. The average Bonchev–Trinajstić information content (AvgIpc) is 3.11. The lowest BCUT2D eigenvalue weighted by Gasteiger charge is -2.32. The summed E-state index contributed by atoms with van der Waals surface area (Å²) < 4.78 is 1.81. The van der Waals surface area contributed by atoms with Gasteiger partial charge >= 0.3 is 5.97 Å². The number of carbonyl (C=O) groups is 2. The van der Waals surface area contributed by atoms with E-state index in [-0.39, 0.29) is 12.5 Å². The number of nitrogens with zero attached hydrogens (tertiary/aromatic N) is 3. The van der Waals surface area contributed by atoms with Gasteiger partial charge in [-0.05, 0) is 43.5 Å². The number of likely N-dealkylation sites (tertiary alicyclic amines) is 1. The predicted molar refractivity (Wildman–Crippen MR) is 97.1 cm³/mol. The first-order chi connectivity index (χ1) is 12.6. The van der Waals surface area contributed by atoms with Crippen molar-refractivity contribution in [3.05, 3.63) is 48.3 Å². The van der Waals surface area contributed by atoms with Crippen LogP contribution in [0.4, 0.5) is 0 Å². The Morgan fingerprint density at radius 1 is 1.23 bits per heavy atom. The molecule has 7 nitrogen and oxygen atoms in total. The van der Waals surface area contributed by atoms with E-state index >= 15 is 0 Å².